The van der Waals surface area contributed by atoms with E-state index in [4.69, 9.17) is 0 Å². The van der Waals surface area contributed by atoms with Crippen LogP contribution in [0.5, 0.6) is 0 Å². The van der Waals surface area contributed by atoms with Gasteiger partial charge in [0, 0.05) is 12.3 Å². The first-order valence-electron chi connectivity index (χ1n) is 7.28. The molecule has 0 aromatic rings. The molecule has 0 amide bonds. The summed E-state index contributed by atoms with van der Waals surface area (Å²) >= 11 is 0. The lowest BCUT2D eigenvalue weighted by molar-refractivity contribution is 0.308. The Morgan fingerprint density at radius 3 is 2.30 bits per heavy atom. The van der Waals surface area contributed by atoms with Crippen LogP contribution in [0.3, 0.4) is 0 Å². The average molecular weight is 325 g/mol. The van der Waals surface area contributed by atoms with Crippen LogP contribution < -0.4 is 5.32 Å². The molecule has 0 bridgehead atoms. The molecule has 1 fully saturated rings. The highest BCUT2D eigenvalue weighted by atomic mass is 32.2. The van der Waals surface area contributed by atoms with E-state index in [1.165, 1.54) is 0 Å². The topological polar surface area (TPSA) is 80.3 Å². The molecule has 0 saturated heterocycles. The second-order valence-corrected chi connectivity index (χ2v) is 10.6. The first-order chi connectivity index (χ1) is 9.15. The minimum absolute atomic E-state index is 0.0317. The summed E-state index contributed by atoms with van der Waals surface area (Å²) in [5, 5.41) is 2.87. The molecule has 1 saturated carbocycles. The lowest BCUT2D eigenvalue weighted by Crippen LogP contribution is -2.49. The molecule has 3 unspecified atom stereocenters. The molecule has 1 aliphatic rings. The monoisotopic (exact) mass is 325 g/mol. The van der Waals surface area contributed by atoms with Crippen molar-refractivity contribution in [2.45, 2.75) is 50.8 Å². The fraction of sp³-hybridized carbons (Fsp3) is 1.00. The maximum atomic E-state index is 12.4. The molecule has 0 aliphatic heterocycles. The Balaban J connectivity index is 2.80. The molecule has 1 N–H and O–H groups in total. The van der Waals surface area contributed by atoms with Gasteiger partial charge in [0.2, 0.25) is 0 Å². The second-order valence-electron chi connectivity index (χ2n) is 6.01. The minimum Gasteiger partial charge on any atom is -0.313 e. The first-order valence-corrected chi connectivity index (χ1v) is 11.1. The van der Waals surface area contributed by atoms with Gasteiger partial charge in [0.25, 0.3) is 0 Å². The van der Waals surface area contributed by atoms with Crippen molar-refractivity contribution in [2.24, 2.45) is 5.92 Å². The Hall–Kier alpha value is -0.140. The third kappa shape index (κ3) is 5.69. The molecule has 0 aromatic carbocycles. The molecule has 0 radical (unpaired) electrons. The van der Waals surface area contributed by atoms with E-state index >= 15 is 0 Å². The highest BCUT2D eigenvalue weighted by Crippen LogP contribution is 2.29. The Morgan fingerprint density at radius 2 is 1.75 bits per heavy atom. The number of nitrogens with one attached hydrogen (secondary N) is 1. The van der Waals surface area contributed by atoms with E-state index in [1.54, 1.807) is 0 Å². The number of hydrogen-bond acceptors (Lipinski definition) is 5. The van der Waals surface area contributed by atoms with Crippen molar-refractivity contribution in [3.05, 3.63) is 0 Å². The van der Waals surface area contributed by atoms with Gasteiger partial charge in [0.1, 0.15) is 9.84 Å². The van der Waals surface area contributed by atoms with Crippen LogP contribution in [0.2, 0.25) is 0 Å². The molecular weight excluding hydrogens is 298 g/mol. The highest BCUT2D eigenvalue weighted by Gasteiger charge is 2.37. The largest absolute Gasteiger partial charge is 0.313 e. The van der Waals surface area contributed by atoms with Gasteiger partial charge >= 0.3 is 0 Å². The standard InChI is InChI=1S/C13H27NO4S2/c1-4-7-14-12-6-5-11(2)10-13(12)20(17,18)9-8-19(3,15)16/h11-14H,4-10H2,1-3H3. The Kier molecular flexibility index (Phi) is 6.47. The average Bonchev–Trinajstić information content (AvgIpc) is 2.34. The molecule has 20 heavy (non-hydrogen) atoms. The molecule has 1 aliphatic carbocycles. The van der Waals surface area contributed by atoms with Gasteiger partial charge in [-0.25, -0.2) is 16.8 Å². The minimum atomic E-state index is -3.37. The van der Waals surface area contributed by atoms with Crippen LogP contribution in [-0.2, 0) is 19.7 Å². The maximum Gasteiger partial charge on any atom is 0.155 e. The van der Waals surface area contributed by atoms with E-state index in [-0.39, 0.29) is 17.5 Å². The summed E-state index contributed by atoms with van der Waals surface area (Å²) in [6.45, 7) is 4.91. The van der Waals surface area contributed by atoms with E-state index in [0.29, 0.717) is 12.3 Å². The van der Waals surface area contributed by atoms with Gasteiger partial charge in [-0.2, -0.15) is 0 Å². The third-order valence-corrected chi connectivity index (χ3v) is 7.33. The Bertz CT molecular complexity index is 496. The first kappa shape index (κ1) is 17.9. The lowest BCUT2D eigenvalue weighted by Gasteiger charge is -2.35. The summed E-state index contributed by atoms with van der Waals surface area (Å²) < 4.78 is 47.3. The van der Waals surface area contributed by atoms with Crippen LogP contribution in [0.15, 0.2) is 0 Å². The predicted molar refractivity (Wildman–Crippen MR) is 82.4 cm³/mol. The summed E-state index contributed by atoms with van der Waals surface area (Å²) in [4.78, 5) is 0. The molecule has 1 rings (SSSR count). The molecule has 0 spiro atoms. The molecule has 0 heterocycles. The molecule has 120 valence electrons. The molecule has 0 aromatic heterocycles. The zero-order valence-corrected chi connectivity index (χ0v) is 14.3. The predicted octanol–water partition coefficient (Wildman–Crippen LogP) is 1.00. The molecule has 3 atom stereocenters. The van der Waals surface area contributed by atoms with E-state index in [0.717, 1.165) is 32.1 Å². The van der Waals surface area contributed by atoms with Crippen molar-refractivity contribution < 1.29 is 16.8 Å². The highest BCUT2D eigenvalue weighted by molar-refractivity contribution is 7.95. The zero-order valence-electron chi connectivity index (χ0n) is 12.6. The quantitative estimate of drug-likeness (QED) is 0.755. The number of rotatable bonds is 7. The van der Waals surface area contributed by atoms with Crippen molar-refractivity contribution >= 4 is 19.7 Å². The van der Waals surface area contributed by atoms with Crippen molar-refractivity contribution in [1.82, 2.24) is 5.32 Å². The van der Waals surface area contributed by atoms with E-state index < -0.39 is 24.9 Å². The van der Waals surface area contributed by atoms with Crippen molar-refractivity contribution in [3.63, 3.8) is 0 Å². The summed E-state index contributed by atoms with van der Waals surface area (Å²) in [7, 11) is -6.61. The fourth-order valence-corrected chi connectivity index (χ4v) is 6.51. The van der Waals surface area contributed by atoms with Gasteiger partial charge in [-0.3, -0.25) is 0 Å². The van der Waals surface area contributed by atoms with Crippen LogP contribution >= 0.6 is 0 Å². The Labute approximate surface area is 123 Å². The van der Waals surface area contributed by atoms with Crippen LogP contribution in [-0.4, -0.2) is 52.4 Å². The number of sulfone groups is 2. The SMILES string of the molecule is CCCNC1CCC(C)CC1S(=O)(=O)CCS(C)(=O)=O. The summed E-state index contributed by atoms with van der Waals surface area (Å²) in [5.74, 6) is -0.151. The molecule has 5 nitrogen and oxygen atoms in total. The van der Waals surface area contributed by atoms with Crippen LogP contribution in [0.4, 0.5) is 0 Å². The second kappa shape index (κ2) is 7.22. The third-order valence-electron chi connectivity index (χ3n) is 3.91. The van der Waals surface area contributed by atoms with Crippen LogP contribution in [0, 0.1) is 5.92 Å². The zero-order chi connectivity index (χ0) is 15.4. The summed E-state index contributed by atoms with van der Waals surface area (Å²) in [5.41, 5.74) is 0. The van der Waals surface area contributed by atoms with Crippen molar-refractivity contribution in [3.8, 4) is 0 Å². The van der Waals surface area contributed by atoms with Gasteiger partial charge in [0.05, 0.1) is 16.8 Å². The van der Waals surface area contributed by atoms with Gasteiger partial charge in [0.15, 0.2) is 9.84 Å². The maximum absolute atomic E-state index is 12.4. The summed E-state index contributed by atoms with van der Waals surface area (Å²) in [6.07, 6.45) is 4.55. The van der Waals surface area contributed by atoms with Crippen LogP contribution in [0.25, 0.3) is 0 Å². The van der Waals surface area contributed by atoms with Crippen molar-refractivity contribution in [1.29, 1.82) is 0 Å². The molecular formula is C13H27NO4S2. The Morgan fingerprint density at radius 1 is 1.10 bits per heavy atom. The lowest BCUT2D eigenvalue weighted by atomic mass is 9.87. The van der Waals surface area contributed by atoms with Gasteiger partial charge in [-0.15, -0.1) is 0 Å². The fourth-order valence-electron chi connectivity index (χ4n) is 2.71. The van der Waals surface area contributed by atoms with Crippen LogP contribution in [0.1, 0.15) is 39.5 Å². The normalized spacial score (nSPS) is 28.4. The molecule has 7 heteroatoms. The van der Waals surface area contributed by atoms with E-state index in [1.807, 2.05) is 6.92 Å². The van der Waals surface area contributed by atoms with Gasteiger partial charge in [-0.1, -0.05) is 13.8 Å². The van der Waals surface area contributed by atoms with E-state index in [9.17, 15) is 16.8 Å². The number of hydrogen-bond donors (Lipinski definition) is 1. The van der Waals surface area contributed by atoms with Gasteiger partial charge < -0.3 is 5.32 Å². The van der Waals surface area contributed by atoms with Crippen molar-refractivity contribution in [2.75, 3.05) is 24.3 Å². The smallest absolute Gasteiger partial charge is 0.155 e. The van der Waals surface area contributed by atoms with Gasteiger partial charge in [-0.05, 0) is 38.1 Å². The van der Waals surface area contributed by atoms with E-state index in [2.05, 4.69) is 12.2 Å². The summed E-state index contributed by atoms with van der Waals surface area (Å²) in [6, 6.07) is -0.0317.